The summed E-state index contributed by atoms with van der Waals surface area (Å²) < 4.78 is 3.31. The first kappa shape index (κ1) is 13.9. The van der Waals surface area contributed by atoms with Crippen LogP contribution in [0.5, 0.6) is 0 Å². The molecule has 0 atom stereocenters. The number of nitrogens with zero attached hydrogens (tertiary/aromatic N) is 6. The molecule has 1 aromatic carbocycles. The molecule has 0 fully saturated rings. The van der Waals surface area contributed by atoms with Gasteiger partial charge in [-0.1, -0.05) is 23.7 Å². The van der Waals surface area contributed by atoms with Crippen molar-refractivity contribution in [2.45, 2.75) is 0 Å². The molecule has 1 radical (unpaired) electrons. The predicted molar refractivity (Wildman–Crippen MR) is 84.6 cm³/mol. The number of benzene rings is 1. The monoisotopic (exact) mass is 344 g/mol. The highest BCUT2D eigenvalue weighted by Gasteiger charge is 2.21. The molecule has 0 bridgehead atoms. The summed E-state index contributed by atoms with van der Waals surface area (Å²) in [5.41, 5.74) is 9.10. The number of halogens is 1. The predicted octanol–water partition coefficient (Wildman–Crippen LogP) is 2.12. The third-order valence-electron chi connectivity index (χ3n) is 3.20. The first-order valence-electron chi connectivity index (χ1n) is 6.37. The Labute approximate surface area is 138 Å². The lowest BCUT2D eigenvalue weighted by molar-refractivity contribution is 0.248. The van der Waals surface area contributed by atoms with Crippen LogP contribution < -0.4 is 5.73 Å². The van der Waals surface area contributed by atoms with Crippen molar-refractivity contribution in [3.8, 4) is 17.2 Å². The highest BCUT2D eigenvalue weighted by Crippen LogP contribution is 2.30. The van der Waals surface area contributed by atoms with Crippen molar-refractivity contribution in [3.05, 3.63) is 41.1 Å². The van der Waals surface area contributed by atoms with Crippen molar-refractivity contribution >= 4 is 39.3 Å². The minimum Gasteiger partial charge on any atom is -0.350 e. The fourth-order valence-corrected chi connectivity index (χ4v) is 3.11. The van der Waals surface area contributed by atoms with Gasteiger partial charge in [0, 0.05) is 5.56 Å². The molecule has 10 heteroatoms. The van der Waals surface area contributed by atoms with Crippen LogP contribution in [-0.2, 0) is 0 Å². The largest absolute Gasteiger partial charge is 0.350 e. The van der Waals surface area contributed by atoms with Crippen LogP contribution in [0, 0.1) is 5.51 Å². The number of aromatic nitrogens is 6. The molecule has 23 heavy (non-hydrogen) atoms. The number of thiazole rings is 1. The van der Waals surface area contributed by atoms with Crippen molar-refractivity contribution in [1.29, 1.82) is 0 Å². The van der Waals surface area contributed by atoms with Gasteiger partial charge in [0.2, 0.25) is 0 Å². The molecule has 0 spiro atoms. The Bertz CT molecular complexity index is 1030. The van der Waals surface area contributed by atoms with E-state index >= 15 is 0 Å². The quantitative estimate of drug-likeness (QED) is 0.599. The highest BCUT2D eigenvalue weighted by molar-refractivity contribution is 7.16. The van der Waals surface area contributed by atoms with Gasteiger partial charge in [-0.05, 0) is 12.1 Å². The molecule has 0 saturated heterocycles. The van der Waals surface area contributed by atoms with Crippen molar-refractivity contribution in [2.75, 3.05) is 0 Å². The lowest BCUT2D eigenvalue weighted by Gasteiger charge is -2.05. The maximum absolute atomic E-state index is 11.5. The molecule has 0 saturated carbocycles. The standard InChI is InChI=1S/C13H7ClN7OS/c14-8-4-2-1-3-7(8)10-18-17-5-20(10)12-9-11(16-6-23-9)21(19-12)13(15)22/h1-5H,(H2,15,22). The minimum atomic E-state index is -0.729. The number of nitrogens with two attached hydrogens (primary N) is 1. The number of rotatable bonds is 2. The van der Waals surface area contributed by atoms with Crippen molar-refractivity contribution in [3.63, 3.8) is 0 Å². The van der Waals surface area contributed by atoms with Gasteiger partial charge in [-0.25, -0.2) is 9.78 Å². The zero-order valence-corrected chi connectivity index (χ0v) is 12.9. The molecule has 8 nitrogen and oxygen atoms in total. The Balaban J connectivity index is 1.97. The fourth-order valence-electron chi connectivity index (χ4n) is 2.21. The van der Waals surface area contributed by atoms with Crippen LogP contribution in [-0.4, -0.2) is 35.6 Å². The number of fused-ring (bicyclic) bond motifs is 1. The zero-order chi connectivity index (χ0) is 16.0. The molecular weight excluding hydrogens is 338 g/mol. The topological polar surface area (TPSA) is 105 Å². The Morgan fingerprint density at radius 2 is 2.17 bits per heavy atom. The average molecular weight is 345 g/mol. The molecule has 4 rings (SSSR count). The van der Waals surface area contributed by atoms with Crippen LogP contribution in [0.4, 0.5) is 4.79 Å². The summed E-state index contributed by atoms with van der Waals surface area (Å²) in [6, 6.07) is 6.52. The Hall–Kier alpha value is -2.78. The van der Waals surface area contributed by atoms with Gasteiger partial charge >= 0.3 is 6.03 Å². The second-order valence-corrected chi connectivity index (χ2v) is 5.74. The van der Waals surface area contributed by atoms with E-state index in [1.54, 1.807) is 10.6 Å². The molecule has 113 valence electrons. The molecule has 4 aromatic rings. The second kappa shape index (κ2) is 5.14. The lowest BCUT2D eigenvalue weighted by atomic mass is 10.2. The Morgan fingerprint density at radius 1 is 1.35 bits per heavy atom. The van der Waals surface area contributed by atoms with Crippen LogP contribution in [0.2, 0.25) is 5.02 Å². The summed E-state index contributed by atoms with van der Waals surface area (Å²) in [6.45, 7) is 0. The normalized spacial score (nSPS) is 11.2. The maximum Gasteiger partial charge on any atom is 0.341 e. The van der Waals surface area contributed by atoms with E-state index in [-0.39, 0.29) is 0 Å². The third-order valence-corrected chi connectivity index (χ3v) is 4.28. The smallest absolute Gasteiger partial charge is 0.341 e. The highest BCUT2D eigenvalue weighted by atomic mass is 35.5. The van der Waals surface area contributed by atoms with Gasteiger partial charge in [-0.3, -0.25) is 4.57 Å². The number of primary amides is 1. The van der Waals surface area contributed by atoms with Crippen LogP contribution in [0.25, 0.3) is 27.6 Å². The van der Waals surface area contributed by atoms with Gasteiger partial charge < -0.3 is 5.73 Å². The van der Waals surface area contributed by atoms with Crippen LogP contribution in [0.3, 0.4) is 0 Å². The van der Waals surface area contributed by atoms with E-state index in [0.717, 1.165) is 4.68 Å². The van der Waals surface area contributed by atoms with Crippen molar-refractivity contribution in [1.82, 2.24) is 29.5 Å². The fraction of sp³-hybridized carbons (Fsp3) is 0. The van der Waals surface area contributed by atoms with E-state index in [1.165, 1.54) is 17.7 Å². The molecule has 0 aliphatic carbocycles. The van der Waals surface area contributed by atoms with E-state index in [4.69, 9.17) is 17.3 Å². The van der Waals surface area contributed by atoms with Gasteiger partial charge in [0.25, 0.3) is 0 Å². The summed E-state index contributed by atoms with van der Waals surface area (Å²) in [7, 11) is 0. The van der Waals surface area contributed by atoms with Gasteiger partial charge in [0.1, 0.15) is 11.0 Å². The Kier molecular flexibility index (Phi) is 3.10. The zero-order valence-electron chi connectivity index (χ0n) is 11.3. The van der Waals surface area contributed by atoms with E-state index in [1.807, 2.05) is 18.2 Å². The molecule has 0 unspecified atom stereocenters. The number of amides is 1. The third kappa shape index (κ3) is 2.09. The molecule has 3 heterocycles. The molecule has 0 aliphatic heterocycles. The number of hydrogen-bond donors (Lipinski definition) is 1. The summed E-state index contributed by atoms with van der Waals surface area (Å²) in [5.74, 6) is 0.942. The SMILES string of the molecule is NC(=O)n1nc(-n2cnnc2-c2ccccc2Cl)c2s[c]nc21. The Morgan fingerprint density at radius 3 is 2.96 bits per heavy atom. The lowest BCUT2D eigenvalue weighted by Crippen LogP contribution is -2.21. The first-order chi connectivity index (χ1) is 11.2. The average Bonchev–Trinajstić information content (AvgIpc) is 3.22. The molecule has 3 aromatic heterocycles. The van der Waals surface area contributed by atoms with Crippen LogP contribution in [0.1, 0.15) is 0 Å². The van der Waals surface area contributed by atoms with Gasteiger partial charge in [0.15, 0.2) is 22.8 Å². The van der Waals surface area contributed by atoms with E-state index < -0.39 is 6.03 Å². The summed E-state index contributed by atoms with van der Waals surface area (Å²) in [4.78, 5) is 15.5. The van der Waals surface area contributed by atoms with Gasteiger partial charge in [-0.2, -0.15) is 4.68 Å². The first-order valence-corrected chi connectivity index (χ1v) is 7.57. The summed E-state index contributed by atoms with van der Waals surface area (Å²) in [6.07, 6.45) is 1.49. The maximum atomic E-state index is 11.5. The molecular formula is C13H7ClN7OS. The number of carbonyl (C=O) groups is 1. The van der Waals surface area contributed by atoms with E-state index in [2.05, 4.69) is 25.8 Å². The van der Waals surface area contributed by atoms with Crippen molar-refractivity contribution in [2.24, 2.45) is 5.73 Å². The molecule has 1 amide bonds. The molecule has 0 aliphatic rings. The van der Waals surface area contributed by atoms with Crippen LogP contribution in [0.15, 0.2) is 30.6 Å². The summed E-state index contributed by atoms with van der Waals surface area (Å²) in [5, 5.41) is 12.8. The van der Waals surface area contributed by atoms with Gasteiger partial charge in [-0.15, -0.1) is 26.6 Å². The second-order valence-electron chi connectivity index (χ2n) is 4.54. The van der Waals surface area contributed by atoms with Crippen LogP contribution >= 0.6 is 22.9 Å². The minimum absolute atomic E-state index is 0.344. The van der Waals surface area contributed by atoms with E-state index in [0.29, 0.717) is 32.6 Å². The van der Waals surface area contributed by atoms with E-state index in [9.17, 15) is 4.79 Å². The number of carbonyl (C=O) groups excluding carboxylic acids is 1. The summed E-state index contributed by atoms with van der Waals surface area (Å²) >= 11 is 7.45. The number of hydrogen-bond acceptors (Lipinski definition) is 6. The van der Waals surface area contributed by atoms with Crippen molar-refractivity contribution < 1.29 is 4.79 Å². The molecule has 2 N–H and O–H groups in total. The van der Waals surface area contributed by atoms with Gasteiger partial charge in [0.05, 0.1) is 5.02 Å².